The molecule has 1 aromatic heterocycles. The highest BCUT2D eigenvalue weighted by molar-refractivity contribution is 7.99. The van der Waals surface area contributed by atoms with Crippen LogP contribution in [0, 0.1) is 20.8 Å². The molecule has 0 amide bonds. The summed E-state index contributed by atoms with van der Waals surface area (Å²) in [5.41, 5.74) is 3.45. The number of thioether (sulfide) groups is 1. The molecular formula is C14H17N3O2S. The van der Waals surface area contributed by atoms with Crippen molar-refractivity contribution < 1.29 is 9.90 Å². The van der Waals surface area contributed by atoms with E-state index in [1.807, 2.05) is 17.6 Å². The van der Waals surface area contributed by atoms with Crippen LogP contribution in [-0.2, 0) is 4.79 Å². The zero-order valence-corrected chi connectivity index (χ0v) is 12.6. The number of rotatable bonds is 5. The Morgan fingerprint density at radius 3 is 2.65 bits per heavy atom. The second kappa shape index (κ2) is 6.09. The Bertz CT molecular complexity index is 637. The van der Waals surface area contributed by atoms with Crippen molar-refractivity contribution >= 4 is 17.7 Å². The highest BCUT2D eigenvalue weighted by Crippen LogP contribution is 2.23. The molecule has 0 aliphatic heterocycles. The van der Waals surface area contributed by atoms with Crippen LogP contribution < -0.4 is 0 Å². The molecule has 0 radical (unpaired) electrons. The van der Waals surface area contributed by atoms with Gasteiger partial charge in [0.05, 0.1) is 6.42 Å². The molecule has 0 unspecified atom stereocenters. The Morgan fingerprint density at radius 1 is 1.25 bits per heavy atom. The molecule has 0 aliphatic carbocycles. The lowest BCUT2D eigenvalue weighted by Gasteiger charge is -2.10. The molecule has 2 rings (SSSR count). The van der Waals surface area contributed by atoms with Crippen molar-refractivity contribution in [1.29, 1.82) is 0 Å². The van der Waals surface area contributed by atoms with Crippen molar-refractivity contribution in [1.82, 2.24) is 14.8 Å². The molecule has 1 aromatic carbocycles. The van der Waals surface area contributed by atoms with Gasteiger partial charge in [0.25, 0.3) is 0 Å². The predicted molar refractivity (Wildman–Crippen MR) is 78.5 cm³/mol. The highest BCUT2D eigenvalue weighted by Gasteiger charge is 2.12. The maximum Gasteiger partial charge on any atom is 0.304 e. The Morgan fingerprint density at radius 2 is 2.00 bits per heavy atom. The molecule has 106 valence electrons. The van der Waals surface area contributed by atoms with Crippen LogP contribution in [0.25, 0.3) is 5.69 Å². The van der Waals surface area contributed by atoms with Crippen LogP contribution in [-0.4, -0.2) is 31.6 Å². The van der Waals surface area contributed by atoms with Crippen molar-refractivity contribution in [3.05, 3.63) is 35.2 Å². The Balaban J connectivity index is 2.28. The Labute approximate surface area is 122 Å². The molecule has 1 N–H and O–H groups in total. The van der Waals surface area contributed by atoms with Crippen molar-refractivity contribution in [3.63, 3.8) is 0 Å². The van der Waals surface area contributed by atoms with Crippen LogP contribution in [0.4, 0.5) is 0 Å². The molecular weight excluding hydrogens is 274 g/mol. The summed E-state index contributed by atoms with van der Waals surface area (Å²) in [5.74, 6) is 0.482. The minimum Gasteiger partial charge on any atom is -0.481 e. The zero-order chi connectivity index (χ0) is 14.7. The lowest BCUT2D eigenvalue weighted by atomic mass is 10.1. The standard InChI is InChI=1S/C14H17N3O2S/c1-9-4-5-12(8-10(9)2)17-11(3)15-16-14(17)20-7-6-13(18)19/h4-5,8H,6-7H2,1-3H3,(H,18,19). The van der Waals surface area contributed by atoms with Gasteiger partial charge >= 0.3 is 5.97 Å². The van der Waals surface area contributed by atoms with Crippen LogP contribution in [0.3, 0.4) is 0 Å². The minimum atomic E-state index is -0.800. The van der Waals surface area contributed by atoms with E-state index in [0.29, 0.717) is 5.75 Å². The van der Waals surface area contributed by atoms with Gasteiger partial charge in [-0.1, -0.05) is 17.8 Å². The first kappa shape index (κ1) is 14.6. The summed E-state index contributed by atoms with van der Waals surface area (Å²) in [7, 11) is 0. The second-order valence-electron chi connectivity index (χ2n) is 4.63. The van der Waals surface area contributed by atoms with Crippen LogP contribution in [0.2, 0.25) is 0 Å². The minimum absolute atomic E-state index is 0.115. The van der Waals surface area contributed by atoms with Crippen LogP contribution >= 0.6 is 11.8 Å². The Hall–Kier alpha value is -1.82. The normalized spacial score (nSPS) is 10.8. The van der Waals surface area contributed by atoms with Gasteiger partial charge in [-0.2, -0.15) is 0 Å². The molecule has 0 aliphatic rings. The van der Waals surface area contributed by atoms with Gasteiger partial charge in [-0.15, -0.1) is 10.2 Å². The van der Waals surface area contributed by atoms with E-state index in [1.54, 1.807) is 0 Å². The van der Waals surface area contributed by atoms with Crippen molar-refractivity contribution in [3.8, 4) is 5.69 Å². The summed E-state index contributed by atoms with van der Waals surface area (Å²) >= 11 is 1.41. The van der Waals surface area contributed by atoms with E-state index in [9.17, 15) is 4.79 Å². The van der Waals surface area contributed by atoms with Gasteiger partial charge in [0.2, 0.25) is 0 Å². The molecule has 0 fully saturated rings. The van der Waals surface area contributed by atoms with Crippen LogP contribution in [0.5, 0.6) is 0 Å². The second-order valence-corrected chi connectivity index (χ2v) is 5.69. The SMILES string of the molecule is Cc1ccc(-n2c(C)nnc2SCCC(=O)O)cc1C. The first-order chi connectivity index (χ1) is 9.49. The third-order valence-corrected chi connectivity index (χ3v) is 4.02. The van der Waals surface area contributed by atoms with E-state index in [-0.39, 0.29) is 6.42 Å². The topological polar surface area (TPSA) is 68.0 Å². The molecule has 6 heteroatoms. The van der Waals surface area contributed by atoms with Crippen molar-refractivity contribution in [2.75, 3.05) is 5.75 Å². The van der Waals surface area contributed by atoms with E-state index in [1.165, 1.54) is 22.9 Å². The lowest BCUT2D eigenvalue weighted by molar-refractivity contribution is -0.136. The summed E-state index contributed by atoms with van der Waals surface area (Å²) in [4.78, 5) is 10.6. The fourth-order valence-corrected chi connectivity index (χ4v) is 2.75. The maximum absolute atomic E-state index is 10.6. The van der Waals surface area contributed by atoms with E-state index < -0.39 is 5.97 Å². The number of carbonyl (C=O) groups is 1. The molecule has 0 spiro atoms. The monoisotopic (exact) mass is 291 g/mol. The third-order valence-electron chi connectivity index (χ3n) is 3.09. The summed E-state index contributed by atoms with van der Waals surface area (Å²) in [6, 6.07) is 6.18. The van der Waals surface area contributed by atoms with Crippen molar-refractivity contribution in [2.45, 2.75) is 32.3 Å². The average molecular weight is 291 g/mol. The number of aliphatic carboxylic acids is 1. The van der Waals surface area contributed by atoms with Gasteiger partial charge in [-0.05, 0) is 44.0 Å². The van der Waals surface area contributed by atoms with Crippen molar-refractivity contribution in [2.24, 2.45) is 0 Å². The van der Waals surface area contributed by atoms with Crippen LogP contribution in [0.1, 0.15) is 23.4 Å². The van der Waals surface area contributed by atoms with Crippen LogP contribution in [0.15, 0.2) is 23.4 Å². The summed E-state index contributed by atoms with van der Waals surface area (Å²) < 4.78 is 1.96. The molecule has 2 aromatic rings. The lowest BCUT2D eigenvalue weighted by Crippen LogP contribution is -2.02. The van der Waals surface area contributed by atoms with E-state index in [4.69, 9.17) is 5.11 Å². The van der Waals surface area contributed by atoms with E-state index in [0.717, 1.165) is 16.7 Å². The van der Waals surface area contributed by atoms with E-state index in [2.05, 4.69) is 36.2 Å². The quantitative estimate of drug-likeness (QED) is 0.858. The predicted octanol–water partition coefficient (Wildman–Crippen LogP) is 2.76. The summed E-state index contributed by atoms with van der Waals surface area (Å²) in [5, 5.41) is 17.6. The number of hydrogen-bond donors (Lipinski definition) is 1. The van der Waals surface area contributed by atoms with Gasteiger partial charge in [0.1, 0.15) is 5.82 Å². The first-order valence-electron chi connectivity index (χ1n) is 6.33. The summed E-state index contributed by atoms with van der Waals surface area (Å²) in [6.07, 6.45) is 0.115. The zero-order valence-electron chi connectivity index (χ0n) is 11.8. The molecule has 0 saturated heterocycles. The number of carboxylic acid groups (broad SMARTS) is 1. The van der Waals surface area contributed by atoms with Gasteiger partial charge < -0.3 is 5.11 Å². The first-order valence-corrected chi connectivity index (χ1v) is 7.32. The van der Waals surface area contributed by atoms with Gasteiger partial charge in [0.15, 0.2) is 5.16 Å². The fraction of sp³-hybridized carbons (Fsp3) is 0.357. The number of aromatic nitrogens is 3. The number of benzene rings is 1. The van der Waals surface area contributed by atoms with Gasteiger partial charge in [-0.25, -0.2) is 0 Å². The highest BCUT2D eigenvalue weighted by atomic mass is 32.2. The maximum atomic E-state index is 10.6. The van der Waals surface area contributed by atoms with Gasteiger partial charge in [-0.3, -0.25) is 9.36 Å². The number of nitrogens with zero attached hydrogens (tertiary/aromatic N) is 3. The van der Waals surface area contributed by atoms with E-state index >= 15 is 0 Å². The smallest absolute Gasteiger partial charge is 0.304 e. The van der Waals surface area contributed by atoms with Gasteiger partial charge in [0, 0.05) is 11.4 Å². The molecule has 20 heavy (non-hydrogen) atoms. The largest absolute Gasteiger partial charge is 0.481 e. The molecule has 0 atom stereocenters. The number of hydrogen-bond acceptors (Lipinski definition) is 4. The molecule has 0 saturated carbocycles. The number of carboxylic acids is 1. The molecule has 5 nitrogen and oxygen atoms in total. The fourth-order valence-electron chi connectivity index (χ4n) is 1.83. The third kappa shape index (κ3) is 3.19. The average Bonchev–Trinajstić information content (AvgIpc) is 2.74. The Kier molecular flexibility index (Phi) is 4.44. The number of aryl methyl sites for hydroxylation is 3. The summed E-state index contributed by atoms with van der Waals surface area (Å²) in [6.45, 7) is 6.03. The molecule has 1 heterocycles. The molecule has 0 bridgehead atoms.